The molecule has 1 N–H and O–H groups in total. The van der Waals surface area contributed by atoms with Gasteiger partial charge >= 0.3 is 0 Å². The van der Waals surface area contributed by atoms with E-state index in [2.05, 4.69) is 4.90 Å². The van der Waals surface area contributed by atoms with Crippen molar-refractivity contribution in [1.82, 2.24) is 4.90 Å². The van der Waals surface area contributed by atoms with E-state index < -0.39 is 0 Å². The van der Waals surface area contributed by atoms with Crippen LogP contribution < -0.4 is 14.2 Å². The van der Waals surface area contributed by atoms with Crippen molar-refractivity contribution in [3.05, 3.63) is 47.5 Å². The molecule has 1 fully saturated rings. The molecule has 0 spiro atoms. The summed E-state index contributed by atoms with van der Waals surface area (Å²) >= 11 is 0. The Kier molecular flexibility index (Phi) is 6.41. The van der Waals surface area contributed by atoms with Gasteiger partial charge in [-0.25, -0.2) is 0 Å². The Morgan fingerprint density at radius 3 is 2.54 bits per heavy atom. The monoisotopic (exact) mass is 385 g/mol. The second-order valence-electron chi connectivity index (χ2n) is 7.01. The number of benzene rings is 2. The van der Waals surface area contributed by atoms with Gasteiger partial charge in [0.05, 0.1) is 26.9 Å². The van der Waals surface area contributed by atoms with E-state index in [4.69, 9.17) is 14.2 Å². The quantitative estimate of drug-likeness (QED) is 0.736. The fourth-order valence-corrected chi connectivity index (χ4v) is 3.73. The molecule has 28 heavy (non-hydrogen) atoms. The van der Waals surface area contributed by atoms with Gasteiger partial charge in [-0.1, -0.05) is 6.07 Å². The number of ketones is 1. The number of aromatic hydroxyl groups is 1. The van der Waals surface area contributed by atoms with Crippen molar-refractivity contribution >= 4 is 5.78 Å². The van der Waals surface area contributed by atoms with Crippen LogP contribution in [0.4, 0.5) is 0 Å². The van der Waals surface area contributed by atoms with E-state index in [1.807, 2.05) is 6.07 Å². The fourth-order valence-electron chi connectivity index (χ4n) is 3.73. The molecule has 1 aliphatic heterocycles. The Hall–Kier alpha value is -2.73. The predicted octanol–water partition coefficient (Wildman–Crippen LogP) is 3.51. The van der Waals surface area contributed by atoms with Crippen LogP contribution in [0, 0.1) is 5.92 Å². The average Bonchev–Trinajstić information content (AvgIpc) is 2.73. The van der Waals surface area contributed by atoms with E-state index in [1.54, 1.807) is 44.6 Å². The highest BCUT2D eigenvalue weighted by atomic mass is 16.5. The maximum atomic E-state index is 13.1. The largest absolute Gasteiger partial charge is 0.504 e. The molecular formula is C22H27NO5. The van der Waals surface area contributed by atoms with Gasteiger partial charge in [0, 0.05) is 25.1 Å². The lowest BCUT2D eigenvalue weighted by Gasteiger charge is -2.32. The van der Waals surface area contributed by atoms with Crippen molar-refractivity contribution in [2.24, 2.45) is 5.92 Å². The topological polar surface area (TPSA) is 68.2 Å². The molecule has 6 nitrogen and oxygen atoms in total. The standard InChI is InChI=1S/C22H27NO5/c1-26-17-7-8-18(21(12-17)28-3)22(25)16-5-4-10-23(14-16)13-15-6-9-20(27-2)19(24)11-15/h6-9,11-12,16,24H,4-5,10,13-14H2,1-3H3. The van der Waals surface area contributed by atoms with E-state index in [-0.39, 0.29) is 17.5 Å². The van der Waals surface area contributed by atoms with Gasteiger partial charge in [-0.15, -0.1) is 0 Å². The third kappa shape index (κ3) is 4.39. The Morgan fingerprint density at radius 2 is 1.86 bits per heavy atom. The number of carbonyl (C=O) groups excluding carboxylic acids is 1. The molecule has 0 aliphatic carbocycles. The minimum atomic E-state index is -0.0807. The summed E-state index contributed by atoms with van der Waals surface area (Å²) in [7, 11) is 4.68. The van der Waals surface area contributed by atoms with Crippen LogP contribution >= 0.6 is 0 Å². The van der Waals surface area contributed by atoms with Crippen LogP contribution in [0.25, 0.3) is 0 Å². The number of methoxy groups -OCH3 is 3. The van der Waals surface area contributed by atoms with Gasteiger partial charge in [-0.3, -0.25) is 9.69 Å². The highest BCUT2D eigenvalue weighted by molar-refractivity contribution is 6.00. The first kappa shape index (κ1) is 20.0. The Bertz CT molecular complexity index is 836. The molecule has 150 valence electrons. The summed E-state index contributed by atoms with van der Waals surface area (Å²) in [6, 6.07) is 10.7. The number of nitrogens with zero attached hydrogens (tertiary/aromatic N) is 1. The zero-order chi connectivity index (χ0) is 20.1. The number of likely N-dealkylation sites (tertiary alicyclic amines) is 1. The number of Topliss-reactive ketones (excluding diaryl/α,β-unsaturated/α-hetero) is 1. The molecule has 1 heterocycles. The Labute approximate surface area is 165 Å². The minimum absolute atomic E-state index is 0.0807. The summed E-state index contributed by atoms with van der Waals surface area (Å²) in [5.41, 5.74) is 1.59. The Morgan fingerprint density at radius 1 is 1.07 bits per heavy atom. The molecule has 0 aromatic heterocycles. The van der Waals surface area contributed by atoms with Gasteiger partial charge in [0.25, 0.3) is 0 Å². The summed E-state index contributed by atoms with van der Waals surface area (Å²) in [6.45, 7) is 2.29. The molecule has 1 unspecified atom stereocenters. The number of rotatable bonds is 7. The van der Waals surface area contributed by atoms with E-state index in [0.29, 0.717) is 35.9 Å². The second kappa shape index (κ2) is 8.97. The summed E-state index contributed by atoms with van der Waals surface area (Å²) in [4.78, 5) is 15.4. The van der Waals surface area contributed by atoms with E-state index in [1.165, 1.54) is 7.11 Å². The van der Waals surface area contributed by atoms with E-state index >= 15 is 0 Å². The number of piperidine rings is 1. The number of ether oxygens (including phenoxy) is 3. The third-order valence-corrected chi connectivity index (χ3v) is 5.20. The second-order valence-corrected chi connectivity index (χ2v) is 7.01. The lowest BCUT2D eigenvalue weighted by molar-refractivity contribution is 0.0808. The van der Waals surface area contributed by atoms with Crippen molar-refractivity contribution in [2.45, 2.75) is 19.4 Å². The minimum Gasteiger partial charge on any atom is -0.504 e. The maximum absolute atomic E-state index is 13.1. The first-order chi connectivity index (χ1) is 13.5. The molecule has 1 atom stereocenters. The molecule has 1 saturated heterocycles. The zero-order valence-electron chi connectivity index (χ0n) is 16.6. The van der Waals surface area contributed by atoms with Gasteiger partial charge in [-0.2, -0.15) is 0 Å². The van der Waals surface area contributed by atoms with E-state index in [9.17, 15) is 9.90 Å². The van der Waals surface area contributed by atoms with Crippen molar-refractivity contribution < 1.29 is 24.1 Å². The van der Waals surface area contributed by atoms with Crippen molar-refractivity contribution in [2.75, 3.05) is 34.4 Å². The summed E-state index contributed by atoms with van der Waals surface area (Å²) in [5, 5.41) is 9.99. The number of hydrogen-bond acceptors (Lipinski definition) is 6. The van der Waals surface area contributed by atoms with Crippen LogP contribution in [0.1, 0.15) is 28.8 Å². The molecule has 0 bridgehead atoms. The normalized spacial score (nSPS) is 17.2. The molecule has 2 aromatic carbocycles. The van der Waals surface area contributed by atoms with Gasteiger partial charge in [0.2, 0.25) is 0 Å². The Balaban J connectivity index is 1.71. The summed E-state index contributed by atoms with van der Waals surface area (Å²) in [5.74, 6) is 1.82. The van der Waals surface area contributed by atoms with Crippen LogP contribution in [0.3, 0.4) is 0 Å². The van der Waals surface area contributed by atoms with E-state index in [0.717, 1.165) is 24.9 Å². The van der Waals surface area contributed by atoms with Gasteiger partial charge in [0.15, 0.2) is 17.3 Å². The first-order valence-corrected chi connectivity index (χ1v) is 9.40. The van der Waals surface area contributed by atoms with Crippen molar-refractivity contribution in [3.63, 3.8) is 0 Å². The lowest BCUT2D eigenvalue weighted by Crippen LogP contribution is -2.38. The fraction of sp³-hybridized carbons (Fsp3) is 0.409. The molecule has 3 rings (SSSR count). The third-order valence-electron chi connectivity index (χ3n) is 5.20. The first-order valence-electron chi connectivity index (χ1n) is 9.40. The van der Waals surface area contributed by atoms with Gasteiger partial charge < -0.3 is 19.3 Å². The SMILES string of the molecule is COc1ccc(C(=O)C2CCCN(Cc3ccc(OC)c(O)c3)C2)c(OC)c1. The van der Waals surface area contributed by atoms with Crippen LogP contribution in [0.5, 0.6) is 23.0 Å². The maximum Gasteiger partial charge on any atom is 0.170 e. The predicted molar refractivity (Wildman–Crippen MR) is 107 cm³/mol. The number of carbonyl (C=O) groups is 1. The molecule has 0 amide bonds. The van der Waals surface area contributed by atoms with Crippen molar-refractivity contribution in [1.29, 1.82) is 0 Å². The summed E-state index contributed by atoms with van der Waals surface area (Å²) in [6.07, 6.45) is 1.81. The highest BCUT2D eigenvalue weighted by Gasteiger charge is 2.28. The highest BCUT2D eigenvalue weighted by Crippen LogP contribution is 2.31. The van der Waals surface area contributed by atoms with Gasteiger partial charge in [0.1, 0.15) is 11.5 Å². The smallest absolute Gasteiger partial charge is 0.170 e. The molecule has 0 radical (unpaired) electrons. The van der Waals surface area contributed by atoms with Crippen molar-refractivity contribution in [3.8, 4) is 23.0 Å². The summed E-state index contributed by atoms with van der Waals surface area (Å²) < 4.78 is 15.7. The molecular weight excluding hydrogens is 358 g/mol. The molecule has 0 saturated carbocycles. The van der Waals surface area contributed by atoms with Crippen LogP contribution in [-0.4, -0.2) is 50.2 Å². The van der Waals surface area contributed by atoms with Crippen LogP contribution in [0.2, 0.25) is 0 Å². The number of phenolic OH excluding ortho intramolecular Hbond substituents is 1. The number of phenols is 1. The lowest BCUT2D eigenvalue weighted by atomic mass is 9.89. The van der Waals surface area contributed by atoms with Crippen LogP contribution in [0.15, 0.2) is 36.4 Å². The average molecular weight is 385 g/mol. The number of hydrogen-bond donors (Lipinski definition) is 1. The zero-order valence-corrected chi connectivity index (χ0v) is 16.6. The van der Waals surface area contributed by atoms with Gasteiger partial charge in [-0.05, 0) is 49.2 Å². The molecule has 1 aliphatic rings. The molecule has 2 aromatic rings. The molecule has 6 heteroatoms. The van der Waals surface area contributed by atoms with Crippen LogP contribution in [-0.2, 0) is 6.54 Å².